The fraction of sp³-hybridized carbons (Fsp3) is 0.600. The average Bonchev–Trinajstić information content (AvgIpc) is 2.75. The van der Waals surface area contributed by atoms with Crippen molar-refractivity contribution in [3.8, 4) is 0 Å². The summed E-state index contributed by atoms with van der Waals surface area (Å²) in [7, 11) is 0. The Morgan fingerprint density at radius 3 is 3.00 bits per heavy atom. The Balaban J connectivity index is 1.96. The third-order valence-electron chi connectivity index (χ3n) is 2.94. The highest BCUT2D eigenvalue weighted by atomic mass is 16.1. The van der Waals surface area contributed by atoms with Gasteiger partial charge in [0.15, 0.2) is 0 Å². The van der Waals surface area contributed by atoms with Crippen molar-refractivity contribution in [3.05, 3.63) is 11.8 Å². The number of aromatic nitrogens is 2. The van der Waals surface area contributed by atoms with Crippen LogP contribution in [-0.2, 0) is 0 Å². The molecule has 0 aromatic carbocycles. The molecule has 0 spiro atoms. The van der Waals surface area contributed by atoms with E-state index in [1.807, 2.05) is 0 Å². The van der Waals surface area contributed by atoms with Crippen molar-refractivity contribution in [3.63, 3.8) is 0 Å². The van der Waals surface area contributed by atoms with Gasteiger partial charge in [-0.15, -0.1) is 0 Å². The number of carbonyl (C=O) groups is 1. The molecule has 1 saturated carbocycles. The highest BCUT2D eigenvalue weighted by Crippen LogP contribution is 2.24. The molecule has 1 aromatic rings. The van der Waals surface area contributed by atoms with Gasteiger partial charge in [0, 0.05) is 6.04 Å². The van der Waals surface area contributed by atoms with Crippen molar-refractivity contribution in [2.75, 3.05) is 5.73 Å². The van der Waals surface area contributed by atoms with Crippen LogP contribution in [0.15, 0.2) is 6.20 Å². The Kier molecular flexibility index (Phi) is 2.62. The lowest BCUT2D eigenvalue weighted by atomic mass is 10.1. The van der Waals surface area contributed by atoms with Crippen molar-refractivity contribution in [2.45, 2.75) is 32.2 Å². The van der Waals surface area contributed by atoms with Crippen molar-refractivity contribution < 1.29 is 4.79 Å². The van der Waals surface area contributed by atoms with E-state index in [0.717, 1.165) is 12.8 Å². The van der Waals surface area contributed by atoms with Crippen molar-refractivity contribution in [2.24, 2.45) is 5.92 Å². The van der Waals surface area contributed by atoms with Crippen LogP contribution < -0.4 is 11.1 Å². The van der Waals surface area contributed by atoms with Gasteiger partial charge in [-0.05, 0) is 25.2 Å². The van der Waals surface area contributed by atoms with E-state index in [1.165, 1.54) is 12.6 Å². The molecule has 5 nitrogen and oxygen atoms in total. The second-order valence-electron chi connectivity index (χ2n) is 4.29. The minimum absolute atomic E-state index is 0.125. The summed E-state index contributed by atoms with van der Waals surface area (Å²) in [6, 6.07) is 0.293. The smallest absolute Gasteiger partial charge is 0.256 e. The molecule has 82 valence electrons. The molecule has 2 rings (SSSR count). The van der Waals surface area contributed by atoms with Gasteiger partial charge in [0.1, 0.15) is 11.4 Å². The third kappa shape index (κ3) is 2.11. The maximum atomic E-state index is 11.7. The number of carbonyl (C=O) groups excluding carboxylic acids is 1. The second-order valence-corrected chi connectivity index (χ2v) is 4.29. The summed E-state index contributed by atoms with van der Waals surface area (Å²) in [6.07, 6.45) is 4.77. The fourth-order valence-corrected chi connectivity index (χ4v) is 2.08. The molecule has 0 aliphatic heterocycles. The SMILES string of the molecule is CC1CCC(NC(=O)c2cn[nH]c2N)C1. The number of nitrogen functional groups attached to an aromatic ring is 1. The van der Waals surface area contributed by atoms with Gasteiger partial charge in [-0.3, -0.25) is 9.89 Å². The summed E-state index contributed by atoms with van der Waals surface area (Å²) in [5.74, 6) is 0.913. The minimum Gasteiger partial charge on any atom is -0.383 e. The van der Waals surface area contributed by atoms with E-state index in [-0.39, 0.29) is 5.91 Å². The summed E-state index contributed by atoms with van der Waals surface area (Å²) in [4.78, 5) is 11.7. The Morgan fingerprint density at radius 2 is 2.47 bits per heavy atom. The molecule has 15 heavy (non-hydrogen) atoms. The standard InChI is InChI=1S/C10H16N4O/c1-6-2-3-7(4-6)13-10(15)8-5-12-14-9(8)11/h5-7H,2-4H2,1H3,(H,13,15)(H3,11,12,14). The lowest BCUT2D eigenvalue weighted by Gasteiger charge is -2.11. The average molecular weight is 208 g/mol. The molecule has 0 bridgehead atoms. The number of nitrogens with one attached hydrogen (secondary N) is 2. The van der Waals surface area contributed by atoms with Gasteiger partial charge < -0.3 is 11.1 Å². The van der Waals surface area contributed by atoms with Crippen LogP contribution in [0.4, 0.5) is 5.82 Å². The zero-order valence-electron chi connectivity index (χ0n) is 8.79. The summed E-state index contributed by atoms with van der Waals surface area (Å²) >= 11 is 0. The van der Waals surface area contributed by atoms with Crippen LogP contribution in [0.1, 0.15) is 36.5 Å². The Bertz CT molecular complexity index is 360. The first kappa shape index (κ1) is 10.0. The number of amides is 1. The molecule has 1 aliphatic carbocycles. The number of nitrogens with zero attached hydrogens (tertiary/aromatic N) is 1. The molecule has 0 radical (unpaired) electrons. The summed E-state index contributed by atoms with van der Waals surface area (Å²) in [5.41, 5.74) is 6.00. The number of rotatable bonds is 2. The largest absolute Gasteiger partial charge is 0.383 e. The zero-order chi connectivity index (χ0) is 10.8. The predicted octanol–water partition coefficient (Wildman–Crippen LogP) is 0.910. The topological polar surface area (TPSA) is 83.8 Å². The van der Waals surface area contributed by atoms with E-state index < -0.39 is 0 Å². The molecule has 2 atom stereocenters. The van der Waals surface area contributed by atoms with Gasteiger partial charge >= 0.3 is 0 Å². The molecular formula is C10H16N4O. The van der Waals surface area contributed by atoms with Gasteiger partial charge in [0.25, 0.3) is 5.91 Å². The Labute approximate surface area is 88.4 Å². The number of hydrogen-bond acceptors (Lipinski definition) is 3. The van der Waals surface area contributed by atoms with Crippen molar-refractivity contribution >= 4 is 11.7 Å². The molecule has 4 N–H and O–H groups in total. The van der Waals surface area contributed by atoms with Gasteiger partial charge in [-0.25, -0.2) is 0 Å². The van der Waals surface area contributed by atoms with Crippen LogP contribution in [-0.4, -0.2) is 22.1 Å². The second kappa shape index (κ2) is 3.92. The summed E-state index contributed by atoms with van der Waals surface area (Å²) in [6.45, 7) is 2.21. The molecule has 1 aromatic heterocycles. The van der Waals surface area contributed by atoms with Crippen molar-refractivity contribution in [1.82, 2.24) is 15.5 Å². The molecule has 1 amide bonds. The maximum Gasteiger partial charge on any atom is 0.256 e. The van der Waals surface area contributed by atoms with E-state index in [0.29, 0.717) is 23.3 Å². The minimum atomic E-state index is -0.125. The summed E-state index contributed by atoms with van der Waals surface area (Å²) in [5, 5.41) is 9.25. The molecule has 1 aliphatic rings. The van der Waals surface area contributed by atoms with Crippen LogP contribution in [0.25, 0.3) is 0 Å². The van der Waals surface area contributed by atoms with Crippen LogP contribution >= 0.6 is 0 Å². The van der Waals surface area contributed by atoms with E-state index in [9.17, 15) is 4.79 Å². The Hall–Kier alpha value is -1.52. The first-order valence-corrected chi connectivity index (χ1v) is 5.26. The van der Waals surface area contributed by atoms with Gasteiger partial charge in [0.05, 0.1) is 6.20 Å². The highest BCUT2D eigenvalue weighted by molar-refractivity contribution is 5.98. The normalized spacial score (nSPS) is 25.4. The van der Waals surface area contributed by atoms with Crippen LogP contribution in [0.5, 0.6) is 0 Å². The first-order valence-electron chi connectivity index (χ1n) is 5.26. The summed E-state index contributed by atoms with van der Waals surface area (Å²) < 4.78 is 0. The van der Waals surface area contributed by atoms with Gasteiger partial charge in [-0.1, -0.05) is 6.92 Å². The lowest BCUT2D eigenvalue weighted by molar-refractivity contribution is 0.0938. The fourth-order valence-electron chi connectivity index (χ4n) is 2.08. The number of anilines is 1. The molecular weight excluding hydrogens is 192 g/mol. The first-order chi connectivity index (χ1) is 7.16. The van der Waals surface area contributed by atoms with E-state index in [1.54, 1.807) is 0 Å². The molecule has 1 heterocycles. The molecule has 5 heteroatoms. The van der Waals surface area contributed by atoms with Gasteiger partial charge in [-0.2, -0.15) is 5.10 Å². The van der Waals surface area contributed by atoms with Crippen molar-refractivity contribution in [1.29, 1.82) is 0 Å². The number of hydrogen-bond donors (Lipinski definition) is 3. The van der Waals surface area contributed by atoms with E-state index >= 15 is 0 Å². The lowest BCUT2D eigenvalue weighted by Crippen LogP contribution is -2.33. The highest BCUT2D eigenvalue weighted by Gasteiger charge is 2.24. The third-order valence-corrected chi connectivity index (χ3v) is 2.94. The van der Waals surface area contributed by atoms with E-state index in [4.69, 9.17) is 5.73 Å². The van der Waals surface area contributed by atoms with E-state index in [2.05, 4.69) is 22.4 Å². The van der Waals surface area contributed by atoms with Crippen LogP contribution in [0, 0.1) is 5.92 Å². The number of aromatic amines is 1. The monoisotopic (exact) mass is 208 g/mol. The Morgan fingerprint density at radius 1 is 1.67 bits per heavy atom. The van der Waals surface area contributed by atoms with Crippen LogP contribution in [0.3, 0.4) is 0 Å². The van der Waals surface area contributed by atoms with Gasteiger partial charge in [0.2, 0.25) is 0 Å². The molecule has 2 unspecified atom stereocenters. The zero-order valence-corrected chi connectivity index (χ0v) is 8.79. The number of H-pyrrole nitrogens is 1. The quantitative estimate of drug-likeness (QED) is 0.675. The molecule has 1 fully saturated rings. The van der Waals surface area contributed by atoms with Crippen LogP contribution in [0.2, 0.25) is 0 Å². The maximum absolute atomic E-state index is 11.7. The predicted molar refractivity (Wildman–Crippen MR) is 57.3 cm³/mol. The molecule has 0 saturated heterocycles. The number of nitrogens with two attached hydrogens (primary N) is 1.